The summed E-state index contributed by atoms with van der Waals surface area (Å²) >= 11 is 0. The Kier molecular flexibility index (Phi) is 6.97. The predicted molar refractivity (Wildman–Crippen MR) is 123 cm³/mol. The van der Waals surface area contributed by atoms with Gasteiger partial charge in [0, 0.05) is 12.2 Å². The van der Waals surface area contributed by atoms with Crippen LogP contribution in [0.4, 0.5) is 11.4 Å². The van der Waals surface area contributed by atoms with Crippen molar-refractivity contribution in [3.05, 3.63) is 83.9 Å². The van der Waals surface area contributed by atoms with E-state index in [0.717, 1.165) is 16.8 Å². The summed E-state index contributed by atoms with van der Waals surface area (Å²) in [5.74, 6) is 0.215. The summed E-state index contributed by atoms with van der Waals surface area (Å²) in [7, 11) is -3.66. The number of benzene rings is 3. The van der Waals surface area contributed by atoms with Crippen LogP contribution in [0.25, 0.3) is 0 Å². The van der Waals surface area contributed by atoms with Crippen LogP contribution in [0.15, 0.2) is 77.7 Å². The molecule has 31 heavy (non-hydrogen) atoms. The first-order valence-corrected chi connectivity index (χ1v) is 11.4. The van der Waals surface area contributed by atoms with Crippen molar-refractivity contribution < 1.29 is 17.9 Å². The molecule has 3 aromatic carbocycles. The Balaban J connectivity index is 1.65. The van der Waals surface area contributed by atoms with Crippen molar-refractivity contribution in [1.29, 1.82) is 0 Å². The fourth-order valence-corrected chi connectivity index (χ4v) is 4.64. The Morgan fingerprint density at radius 3 is 2.26 bits per heavy atom. The van der Waals surface area contributed by atoms with Crippen LogP contribution in [-0.4, -0.2) is 27.5 Å². The summed E-state index contributed by atoms with van der Waals surface area (Å²) in [6.45, 7) is 5.86. The van der Waals surface area contributed by atoms with Gasteiger partial charge >= 0.3 is 0 Å². The number of hydrogen-bond acceptors (Lipinski definition) is 4. The molecule has 0 radical (unpaired) electrons. The summed E-state index contributed by atoms with van der Waals surface area (Å²) in [4.78, 5) is 12.5. The first-order chi connectivity index (χ1) is 14.8. The van der Waals surface area contributed by atoms with E-state index < -0.39 is 10.0 Å². The molecule has 0 aliphatic heterocycles. The molecule has 0 saturated heterocycles. The molecule has 162 valence electrons. The van der Waals surface area contributed by atoms with Gasteiger partial charge in [-0.2, -0.15) is 0 Å². The number of carbonyl (C=O) groups is 1. The summed E-state index contributed by atoms with van der Waals surface area (Å²) in [6.07, 6.45) is 0. The number of anilines is 2. The van der Waals surface area contributed by atoms with Gasteiger partial charge in [0.05, 0.1) is 10.6 Å². The topological polar surface area (TPSA) is 75.7 Å². The average molecular weight is 439 g/mol. The molecule has 0 saturated carbocycles. The number of hydrogen-bond donors (Lipinski definition) is 1. The molecule has 1 amide bonds. The zero-order chi connectivity index (χ0) is 22.4. The molecule has 3 rings (SSSR count). The van der Waals surface area contributed by atoms with Crippen molar-refractivity contribution in [3.8, 4) is 5.75 Å². The first-order valence-electron chi connectivity index (χ1n) is 9.99. The molecule has 0 fully saturated rings. The molecular formula is C24H26N2O4S. The predicted octanol–water partition coefficient (Wildman–Crippen LogP) is 4.54. The van der Waals surface area contributed by atoms with Gasteiger partial charge in [-0.25, -0.2) is 8.42 Å². The van der Waals surface area contributed by atoms with Crippen molar-refractivity contribution in [3.63, 3.8) is 0 Å². The molecule has 1 N–H and O–H groups in total. The standard InChI is InChI=1S/C24H26N2O4S/c1-4-26(31(28,29)22-10-6-5-7-11-22)20-13-15-21(16-14-20)30-17-24(27)25-23-12-8-9-18(2)19(23)3/h5-16H,4,17H2,1-3H3,(H,25,27). The van der Waals surface area contributed by atoms with Crippen molar-refractivity contribution in [2.45, 2.75) is 25.7 Å². The van der Waals surface area contributed by atoms with Crippen molar-refractivity contribution >= 4 is 27.3 Å². The van der Waals surface area contributed by atoms with Crippen LogP contribution in [0.5, 0.6) is 5.75 Å². The SMILES string of the molecule is CCN(c1ccc(OCC(=O)Nc2cccc(C)c2C)cc1)S(=O)(=O)c1ccccc1. The second-order valence-corrected chi connectivity index (χ2v) is 8.92. The lowest BCUT2D eigenvalue weighted by molar-refractivity contribution is -0.118. The number of sulfonamides is 1. The molecule has 0 bridgehead atoms. The molecule has 0 spiro atoms. The minimum Gasteiger partial charge on any atom is -0.484 e. The molecule has 0 aromatic heterocycles. The van der Waals surface area contributed by atoms with E-state index in [-0.39, 0.29) is 24.0 Å². The number of amides is 1. The largest absolute Gasteiger partial charge is 0.484 e. The van der Waals surface area contributed by atoms with Crippen LogP contribution in [0.2, 0.25) is 0 Å². The Morgan fingerprint density at radius 2 is 1.61 bits per heavy atom. The van der Waals surface area contributed by atoms with Gasteiger partial charge in [-0.1, -0.05) is 30.3 Å². The Morgan fingerprint density at radius 1 is 0.935 bits per heavy atom. The van der Waals surface area contributed by atoms with Crippen molar-refractivity contribution in [1.82, 2.24) is 0 Å². The highest BCUT2D eigenvalue weighted by Crippen LogP contribution is 2.25. The van der Waals surface area contributed by atoms with Gasteiger partial charge in [0.15, 0.2) is 6.61 Å². The van der Waals surface area contributed by atoms with Gasteiger partial charge in [-0.05, 0) is 74.4 Å². The number of carbonyl (C=O) groups excluding carboxylic acids is 1. The number of ether oxygens (including phenoxy) is 1. The summed E-state index contributed by atoms with van der Waals surface area (Å²) < 4.78 is 32.8. The van der Waals surface area contributed by atoms with Gasteiger partial charge in [0.1, 0.15) is 5.75 Å². The fourth-order valence-electron chi connectivity index (χ4n) is 3.14. The van der Waals surface area contributed by atoms with Crippen LogP contribution < -0.4 is 14.4 Å². The minimum absolute atomic E-state index is 0.146. The van der Waals surface area contributed by atoms with Gasteiger partial charge < -0.3 is 10.1 Å². The average Bonchev–Trinajstić information content (AvgIpc) is 2.77. The zero-order valence-electron chi connectivity index (χ0n) is 17.8. The van der Waals surface area contributed by atoms with E-state index in [0.29, 0.717) is 11.4 Å². The Labute approximate surface area is 183 Å². The minimum atomic E-state index is -3.66. The third kappa shape index (κ3) is 5.24. The second-order valence-electron chi connectivity index (χ2n) is 7.06. The Bertz CT molecular complexity index is 1140. The van der Waals surface area contributed by atoms with Crippen LogP contribution in [0.3, 0.4) is 0 Å². The fraction of sp³-hybridized carbons (Fsp3) is 0.208. The van der Waals surface area contributed by atoms with E-state index in [4.69, 9.17) is 4.74 Å². The third-order valence-corrected chi connectivity index (χ3v) is 6.91. The second kappa shape index (κ2) is 9.66. The molecule has 7 heteroatoms. The van der Waals surface area contributed by atoms with E-state index in [1.807, 2.05) is 32.0 Å². The summed E-state index contributed by atoms with van der Waals surface area (Å²) in [5.41, 5.74) is 3.40. The molecule has 0 unspecified atom stereocenters. The number of nitrogens with one attached hydrogen (secondary N) is 1. The highest BCUT2D eigenvalue weighted by molar-refractivity contribution is 7.92. The maximum absolute atomic E-state index is 12.9. The normalized spacial score (nSPS) is 11.1. The molecule has 0 atom stereocenters. The monoisotopic (exact) mass is 438 g/mol. The maximum atomic E-state index is 12.9. The van der Waals surface area contributed by atoms with E-state index in [9.17, 15) is 13.2 Å². The molecule has 6 nitrogen and oxygen atoms in total. The van der Waals surface area contributed by atoms with Crippen molar-refractivity contribution in [2.75, 3.05) is 22.8 Å². The first kappa shape index (κ1) is 22.4. The van der Waals surface area contributed by atoms with Crippen LogP contribution >= 0.6 is 0 Å². The number of aryl methyl sites for hydroxylation is 1. The van der Waals surface area contributed by atoms with Crippen molar-refractivity contribution in [2.24, 2.45) is 0 Å². The summed E-state index contributed by atoms with van der Waals surface area (Å²) in [5, 5.41) is 2.85. The van der Waals surface area contributed by atoms with Gasteiger partial charge in [-0.15, -0.1) is 0 Å². The Hall–Kier alpha value is -3.32. The number of nitrogens with zero attached hydrogens (tertiary/aromatic N) is 1. The smallest absolute Gasteiger partial charge is 0.264 e. The van der Waals surface area contributed by atoms with Crippen LogP contribution in [0, 0.1) is 13.8 Å². The van der Waals surface area contributed by atoms with E-state index in [1.165, 1.54) is 4.31 Å². The van der Waals surface area contributed by atoms with E-state index >= 15 is 0 Å². The lowest BCUT2D eigenvalue weighted by atomic mass is 10.1. The molecule has 0 heterocycles. The molecule has 0 aliphatic carbocycles. The third-order valence-electron chi connectivity index (χ3n) is 4.99. The number of rotatable bonds is 8. The lowest BCUT2D eigenvalue weighted by Gasteiger charge is -2.23. The lowest BCUT2D eigenvalue weighted by Crippen LogP contribution is -2.30. The maximum Gasteiger partial charge on any atom is 0.264 e. The highest BCUT2D eigenvalue weighted by atomic mass is 32.2. The van der Waals surface area contributed by atoms with E-state index in [2.05, 4.69) is 5.32 Å². The van der Waals surface area contributed by atoms with E-state index in [1.54, 1.807) is 61.5 Å². The highest BCUT2D eigenvalue weighted by Gasteiger charge is 2.23. The van der Waals surface area contributed by atoms with Gasteiger partial charge in [0.25, 0.3) is 15.9 Å². The summed E-state index contributed by atoms with van der Waals surface area (Å²) in [6, 6.07) is 20.7. The van der Waals surface area contributed by atoms with Crippen LogP contribution in [0.1, 0.15) is 18.1 Å². The zero-order valence-corrected chi connectivity index (χ0v) is 18.6. The molecule has 0 aliphatic rings. The quantitative estimate of drug-likeness (QED) is 0.560. The molecule has 3 aromatic rings. The van der Waals surface area contributed by atoms with Gasteiger partial charge in [-0.3, -0.25) is 9.10 Å². The molecular weight excluding hydrogens is 412 g/mol. The van der Waals surface area contributed by atoms with Crippen LogP contribution in [-0.2, 0) is 14.8 Å². The van der Waals surface area contributed by atoms with Gasteiger partial charge in [0.2, 0.25) is 0 Å².